The van der Waals surface area contributed by atoms with Crippen molar-refractivity contribution in [3.63, 3.8) is 0 Å². The fourth-order valence-corrected chi connectivity index (χ4v) is 2.37. The highest BCUT2D eigenvalue weighted by atomic mass is 16.5. The van der Waals surface area contributed by atoms with E-state index in [4.69, 9.17) is 10.00 Å². The van der Waals surface area contributed by atoms with Crippen LogP contribution in [0.25, 0.3) is 0 Å². The van der Waals surface area contributed by atoms with Crippen molar-refractivity contribution >= 4 is 5.91 Å². The number of methoxy groups -OCH3 is 1. The zero-order chi connectivity index (χ0) is 14.8. The molecule has 0 radical (unpaired) electrons. The molecule has 1 aromatic carbocycles. The van der Waals surface area contributed by atoms with Crippen LogP contribution in [-0.4, -0.2) is 36.5 Å². The number of nitrogens with one attached hydrogen (secondary N) is 1. The summed E-state index contributed by atoms with van der Waals surface area (Å²) in [5, 5.41) is 12.2. The number of piperazine rings is 1. The molecule has 1 amide bonds. The first-order valence-corrected chi connectivity index (χ1v) is 6.59. The van der Waals surface area contributed by atoms with Gasteiger partial charge >= 0.3 is 0 Å². The van der Waals surface area contributed by atoms with Gasteiger partial charge < -0.3 is 15.0 Å². The van der Waals surface area contributed by atoms with Gasteiger partial charge in [-0.15, -0.1) is 0 Å². The average Bonchev–Trinajstić information content (AvgIpc) is 2.43. The Labute approximate surface area is 119 Å². The van der Waals surface area contributed by atoms with Crippen molar-refractivity contribution in [3.8, 4) is 11.8 Å². The zero-order valence-electron chi connectivity index (χ0n) is 12.1. The van der Waals surface area contributed by atoms with Gasteiger partial charge in [0.2, 0.25) is 5.91 Å². The molecular weight excluding hydrogens is 254 g/mol. The third-order valence-electron chi connectivity index (χ3n) is 3.53. The highest BCUT2D eigenvalue weighted by Crippen LogP contribution is 2.22. The minimum absolute atomic E-state index is 0.0899. The van der Waals surface area contributed by atoms with E-state index in [1.165, 1.54) is 0 Å². The number of nitrogens with zero attached hydrogens (tertiary/aromatic N) is 2. The van der Waals surface area contributed by atoms with Crippen molar-refractivity contribution in [2.75, 3.05) is 20.2 Å². The Kier molecular flexibility index (Phi) is 3.96. The molecule has 0 aliphatic carbocycles. The quantitative estimate of drug-likeness (QED) is 0.901. The lowest BCUT2D eigenvalue weighted by Gasteiger charge is -2.38. The molecule has 1 fully saturated rings. The lowest BCUT2D eigenvalue weighted by molar-refractivity contribution is -0.140. The fourth-order valence-electron chi connectivity index (χ4n) is 2.37. The zero-order valence-corrected chi connectivity index (χ0v) is 12.1. The lowest BCUT2D eigenvalue weighted by atomic mass is 10.00. The van der Waals surface area contributed by atoms with Crippen LogP contribution in [0, 0.1) is 11.3 Å². The summed E-state index contributed by atoms with van der Waals surface area (Å²) in [4.78, 5) is 14.1. The minimum atomic E-state index is -0.519. The average molecular weight is 273 g/mol. The van der Waals surface area contributed by atoms with Gasteiger partial charge in [-0.05, 0) is 31.5 Å². The molecule has 106 valence electrons. The number of hydrogen-bond donors (Lipinski definition) is 1. The number of amides is 1. The Morgan fingerprint density at radius 2 is 2.25 bits per heavy atom. The van der Waals surface area contributed by atoms with Gasteiger partial charge in [0.1, 0.15) is 11.8 Å². The van der Waals surface area contributed by atoms with Crippen molar-refractivity contribution in [2.24, 2.45) is 0 Å². The Hall–Kier alpha value is -2.06. The van der Waals surface area contributed by atoms with Crippen LogP contribution in [0.5, 0.6) is 5.75 Å². The number of carbonyl (C=O) groups is 1. The summed E-state index contributed by atoms with van der Waals surface area (Å²) in [7, 11) is 1.54. The van der Waals surface area contributed by atoms with Gasteiger partial charge in [0.05, 0.1) is 18.2 Å². The summed E-state index contributed by atoms with van der Waals surface area (Å²) in [5.74, 6) is 0.638. The number of benzene rings is 1. The highest BCUT2D eigenvalue weighted by Gasteiger charge is 2.35. The summed E-state index contributed by atoms with van der Waals surface area (Å²) in [5.41, 5.74) is 0.949. The van der Waals surface area contributed by atoms with Crippen molar-refractivity contribution in [2.45, 2.75) is 25.9 Å². The van der Waals surface area contributed by atoms with E-state index in [0.29, 0.717) is 24.4 Å². The van der Waals surface area contributed by atoms with Crippen LogP contribution in [0.3, 0.4) is 0 Å². The van der Waals surface area contributed by atoms with E-state index in [1.54, 1.807) is 13.2 Å². The minimum Gasteiger partial charge on any atom is -0.495 e. The number of ether oxygens (including phenoxy) is 1. The van der Waals surface area contributed by atoms with Gasteiger partial charge in [-0.25, -0.2) is 0 Å². The number of carbonyl (C=O) groups excluding carboxylic acids is 1. The second kappa shape index (κ2) is 5.51. The smallest absolute Gasteiger partial charge is 0.242 e. The Bertz CT molecular complexity index is 561. The largest absolute Gasteiger partial charge is 0.495 e. The molecule has 1 saturated heterocycles. The van der Waals surface area contributed by atoms with Gasteiger partial charge in [-0.3, -0.25) is 4.79 Å². The molecule has 0 atom stereocenters. The topological polar surface area (TPSA) is 65.4 Å². The molecule has 0 aromatic heterocycles. The highest BCUT2D eigenvalue weighted by molar-refractivity contribution is 5.86. The number of nitriles is 1. The molecule has 5 heteroatoms. The van der Waals surface area contributed by atoms with Gasteiger partial charge in [0, 0.05) is 19.6 Å². The predicted molar refractivity (Wildman–Crippen MR) is 75.2 cm³/mol. The molecule has 0 unspecified atom stereocenters. The van der Waals surface area contributed by atoms with Gasteiger partial charge in [-0.1, -0.05) is 6.07 Å². The van der Waals surface area contributed by atoms with Crippen LogP contribution in [0.15, 0.2) is 18.2 Å². The molecule has 2 rings (SSSR count). The molecule has 5 nitrogen and oxygen atoms in total. The summed E-state index contributed by atoms with van der Waals surface area (Å²) >= 11 is 0. The Morgan fingerprint density at radius 1 is 1.50 bits per heavy atom. The van der Waals surface area contributed by atoms with Crippen molar-refractivity contribution in [3.05, 3.63) is 29.3 Å². The molecule has 0 saturated carbocycles. The van der Waals surface area contributed by atoms with Crippen LogP contribution in [0.4, 0.5) is 0 Å². The normalized spacial score (nSPS) is 17.7. The van der Waals surface area contributed by atoms with E-state index in [1.807, 2.05) is 30.9 Å². The molecule has 0 bridgehead atoms. The van der Waals surface area contributed by atoms with E-state index >= 15 is 0 Å². The van der Waals surface area contributed by atoms with Gasteiger partial charge in [0.15, 0.2) is 0 Å². The molecule has 1 N–H and O–H groups in total. The second-order valence-corrected chi connectivity index (χ2v) is 5.42. The summed E-state index contributed by atoms with van der Waals surface area (Å²) < 4.78 is 5.20. The maximum Gasteiger partial charge on any atom is 0.242 e. The Balaban J connectivity index is 2.18. The van der Waals surface area contributed by atoms with Crippen LogP contribution in [0.2, 0.25) is 0 Å². The number of hydrogen-bond acceptors (Lipinski definition) is 4. The molecular formula is C15H19N3O2. The Morgan fingerprint density at radius 3 is 2.90 bits per heavy atom. The first-order valence-electron chi connectivity index (χ1n) is 6.59. The summed E-state index contributed by atoms with van der Waals surface area (Å²) in [6, 6.07) is 7.50. The van der Waals surface area contributed by atoms with Crippen LogP contribution in [0.1, 0.15) is 25.0 Å². The number of rotatable bonds is 3. The third kappa shape index (κ3) is 2.75. The van der Waals surface area contributed by atoms with E-state index in [-0.39, 0.29) is 5.91 Å². The van der Waals surface area contributed by atoms with Crippen molar-refractivity contribution in [1.29, 1.82) is 5.26 Å². The van der Waals surface area contributed by atoms with Crippen LogP contribution in [-0.2, 0) is 11.3 Å². The summed E-state index contributed by atoms with van der Waals surface area (Å²) in [6.45, 7) is 5.78. The first-order chi connectivity index (χ1) is 9.47. The molecule has 1 aromatic rings. The third-order valence-corrected chi connectivity index (χ3v) is 3.53. The predicted octanol–water partition coefficient (Wildman–Crippen LogP) is 1.28. The molecule has 1 heterocycles. The van der Waals surface area contributed by atoms with Crippen molar-refractivity contribution < 1.29 is 9.53 Å². The van der Waals surface area contributed by atoms with E-state index in [0.717, 1.165) is 12.1 Å². The van der Waals surface area contributed by atoms with Crippen molar-refractivity contribution in [1.82, 2.24) is 10.2 Å². The fraction of sp³-hybridized carbons (Fsp3) is 0.467. The molecule has 20 heavy (non-hydrogen) atoms. The monoisotopic (exact) mass is 273 g/mol. The van der Waals surface area contributed by atoms with E-state index in [9.17, 15) is 4.79 Å². The summed E-state index contributed by atoms with van der Waals surface area (Å²) in [6.07, 6.45) is 0. The van der Waals surface area contributed by atoms with Crippen LogP contribution < -0.4 is 10.1 Å². The standard InChI is InChI=1S/C15H19N3O2/c1-15(2)14(19)18(7-6-17-15)10-11-4-5-12(9-16)13(8-11)20-3/h4-5,8,17H,6-7,10H2,1-3H3. The first kappa shape index (κ1) is 14.4. The van der Waals surface area contributed by atoms with Crippen LogP contribution >= 0.6 is 0 Å². The van der Waals surface area contributed by atoms with E-state index < -0.39 is 5.54 Å². The van der Waals surface area contributed by atoms with Gasteiger partial charge in [-0.2, -0.15) is 5.26 Å². The molecule has 1 aliphatic heterocycles. The lowest BCUT2D eigenvalue weighted by Crippen LogP contribution is -2.60. The maximum atomic E-state index is 12.3. The molecule has 0 spiro atoms. The van der Waals surface area contributed by atoms with Gasteiger partial charge in [0.25, 0.3) is 0 Å². The second-order valence-electron chi connectivity index (χ2n) is 5.42. The molecule has 1 aliphatic rings. The SMILES string of the molecule is COc1cc(CN2CCNC(C)(C)C2=O)ccc1C#N. The van der Waals surface area contributed by atoms with E-state index in [2.05, 4.69) is 11.4 Å². The maximum absolute atomic E-state index is 12.3.